The molecular formula is C86H143NO18. The first-order chi connectivity index (χ1) is 51.3. The average Bonchev–Trinajstić information content (AvgIpc) is 0.780. The summed E-state index contributed by atoms with van der Waals surface area (Å²) in [7, 11) is 0. The Kier molecular flexibility index (Phi) is 58.3. The molecule has 0 spiro atoms. The van der Waals surface area contributed by atoms with Crippen LogP contribution in [0.15, 0.2) is 146 Å². The van der Waals surface area contributed by atoms with Crippen molar-refractivity contribution in [3.63, 3.8) is 0 Å². The molecular weight excluding hydrogens is 1330 g/mol. The van der Waals surface area contributed by atoms with E-state index in [0.29, 0.717) is 12.8 Å². The standard InChI is InChI=1S/C86H143NO18/c1-3-5-7-9-11-13-15-17-19-21-23-25-27-29-31-32-33-34-35-36-38-40-42-44-46-48-50-52-54-56-58-60-62-64-74(92)87-69(70(91)63-61-59-57-55-53-51-49-47-45-43-41-39-37-30-28-26-24-22-20-18-16-14-12-10-8-6-4-2)68-100-84-80(98)77(95)82(72(66-89)102-84)105-86-81(99)78(96)83(73(67-90)103-86)104-85-79(97)76(94)75(93)71(65-88)101-85/h5,7,11,13,17,19,23,25,29,31,33-34,36,38,42,44,48,50,53-56,61,63,69-73,75-86,88-91,93-99H,3-4,6,8-10,12,14-16,18,20-22,24,26-28,30,32,35,37,39-41,43,45-47,49,51-52,57-60,62,64-68H2,1-2H3,(H,87,92)/b7-5-,13-11-,19-17-,25-23-,31-29-,34-33-,38-36-,44-42-,50-48-,55-53+,56-54-,63-61+. The van der Waals surface area contributed by atoms with Gasteiger partial charge in [0.2, 0.25) is 5.91 Å². The van der Waals surface area contributed by atoms with Crippen molar-refractivity contribution in [3.05, 3.63) is 146 Å². The molecule has 17 unspecified atom stereocenters. The molecule has 0 radical (unpaired) electrons. The average molecular weight is 1480 g/mol. The van der Waals surface area contributed by atoms with E-state index < -0.39 is 131 Å². The van der Waals surface area contributed by atoms with Crippen LogP contribution >= 0.6 is 0 Å². The fraction of sp³-hybridized carbons (Fsp3) is 0.709. The van der Waals surface area contributed by atoms with E-state index in [4.69, 9.17) is 28.4 Å². The van der Waals surface area contributed by atoms with E-state index in [9.17, 15) is 61.0 Å². The minimum atomic E-state index is -1.99. The summed E-state index contributed by atoms with van der Waals surface area (Å²) in [5.74, 6) is -0.332. The van der Waals surface area contributed by atoms with Gasteiger partial charge >= 0.3 is 0 Å². The lowest BCUT2D eigenvalue weighted by atomic mass is 9.96. The van der Waals surface area contributed by atoms with Crippen LogP contribution in [0.4, 0.5) is 0 Å². The Morgan fingerprint density at radius 2 is 0.667 bits per heavy atom. The van der Waals surface area contributed by atoms with Crippen molar-refractivity contribution in [2.75, 3.05) is 26.4 Å². The van der Waals surface area contributed by atoms with Crippen molar-refractivity contribution in [3.8, 4) is 0 Å². The number of unbranched alkanes of at least 4 members (excludes halogenated alkanes) is 24. The fourth-order valence-corrected chi connectivity index (χ4v) is 12.6. The molecule has 0 bridgehead atoms. The summed E-state index contributed by atoms with van der Waals surface area (Å²) in [5.41, 5.74) is 0. The summed E-state index contributed by atoms with van der Waals surface area (Å²) in [6, 6.07) is -1.03. The molecule has 105 heavy (non-hydrogen) atoms. The number of ether oxygens (including phenoxy) is 6. The minimum absolute atomic E-state index is 0.170. The van der Waals surface area contributed by atoms with Crippen LogP contribution in [0.3, 0.4) is 0 Å². The van der Waals surface area contributed by atoms with Crippen molar-refractivity contribution >= 4 is 5.91 Å². The topological polar surface area (TPSA) is 307 Å². The Morgan fingerprint density at radius 3 is 1.07 bits per heavy atom. The van der Waals surface area contributed by atoms with Crippen LogP contribution in [0.25, 0.3) is 0 Å². The highest BCUT2D eigenvalue weighted by atomic mass is 16.8. The maximum absolute atomic E-state index is 13.5. The number of carbonyl (C=O) groups is 1. The van der Waals surface area contributed by atoms with Gasteiger partial charge in [-0.2, -0.15) is 0 Å². The van der Waals surface area contributed by atoms with E-state index in [-0.39, 0.29) is 12.3 Å². The smallest absolute Gasteiger partial charge is 0.220 e. The van der Waals surface area contributed by atoms with Crippen molar-refractivity contribution in [2.45, 2.75) is 362 Å². The molecule has 19 heteroatoms. The Hall–Kier alpha value is -4.33. The zero-order valence-electron chi connectivity index (χ0n) is 64.1. The molecule has 0 saturated carbocycles. The third-order valence-electron chi connectivity index (χ3n) is 19.1. The summed E-state index contributed by atoms with van der Waals surface area (Å²) >= 11 is 0. The van der Waals surface area contributed by atoms with Gasteiger partial charge in [0, 0.05) is 6.42 Å². The molecule has 0 aromatic rings. The van der Waals surface area contributed by atoms with Gasteiger partial charge in [0.05, 0.1) is 38.6 Å². The minimum Gasteiger partial charge on any atom is -0.394 e. The third-order valence-corrected chi connectivity index (χ3v) is 19.1. The second kappa shape index (κ2) is 64.5. The van der Waals surface area contributed by atoms with E-state index in [2.05, 4.69) is 153 Å². The van der Waals surface area contributed by atoms with Crippen molar-refractivity contribution < 1.29 is 89.4 Å². The number of allylic oxidation sites excluding steroid dienone is 23. The van der Waals surface area contributed by atoms with E-state index in [1.165, 1.54) is 128 Å². The monoisotopic (exact) mass is 1480 g/mol. The first kappa shape index (κ1) is 94.9. The summed E-state index contributed by atoms with van der Waals surface area (Å²) in [5, 5.41) is 121. The molecule has 3 aliphatic rings. The lowest BCUT2D eigenvalue weighted by Gasteiger charge is -2.48. The second-order valence-electron chi connectivity index (χ2n) is 28.1. The fourth-order valence-electron chi connectivity index (χ4n) is 12.6. The van der Waals surface area contributed by atoms with Gasteiger partial charge in [-0.25, -0.2) is 0 Å². The number of rotatable bonds is 62. The summed E-state index contributed by atoms with van der Waals surface area (Å²) < 4.78 is 34.4. The van der Waals surface area contributed by atoms with Gasteiger partial charge in [-0.05, 0) is 109 Å². The quantitative estimate of drug-likeness (QED) is 0.0199. The van der Waals surface area contributed by atoms with Crippen LogP contribution < -0.4 is 5.32 Å². The first-order valence-corrected chi connectivity index (χ1v) is 40.6. The number of hydrogen-bond donors (Lipinski definition) is 12. The maximum Gasteiger partial charge on any atom is 0.220 e. The van der Waals surface area contributed by atoms with Gasteiger partial charge in [0.15, 0.2) is 18.9 Å². The van der Waals surface area contributed by atoms with Crippen molar-refractivity contribution in [2.24, 2.45) is 0 Å². The molecule has 0 aromatic carbocycles. The second-order valence-corrected chi connectivity index (χ2v) is 28.1. The zero-order chi connectivity index (χ0) is 76.0. The lowest BCUT2D eigenvalue weighted by Crippen LogP contribution is -2.66. The predicted octanol–water partition coefficient (Wildman–Crippen LogP) is 13.8. The van der Waals surface area contributed by atoms with Crippen molar-refractivity contribution in [1.82, 2.24) is 5.32 Å². The van der Waals surface area contributed by atoms with Gasteiger partial charge in [-0.1, -0.05) is 288 Å². The highest BCUT2D eigenvalue weighted by Gasteiger charge is 2.54. The lowest BCUT2D eigenvalue weighted by molar-refractivity contribution is -0.379. The van der Waals surface area contributed by atoms with Gasteiger partial charge in [0.25, 0.3) is 0 Å². The highest BCUT2D eigenvalue weighted by Crippen LogP contribution is 2.33. The molecule has 12 N–H and O–H groups in total. The number of amides is 1. The van der Waals surface area contributed by atoms with Crippen LogP contribution in [-0.2, 0) is 33.2 Å². The van der Waals surface area contributed by atoms with Crippen LogP contribution in [0, 0.1) is 0 Å². The third kappa shape index (κ3) is 44.2. The molecule has 3 fully saturated rings. The molecule has 3 aliphatic heterocycles. The van der Waals surface area contributed by atoms with Gasteiger partial charge in [-0.3, -0.25) is 4.79 Å². The number of aliphatic hydroxyl groups is 11. The van der Waals surface area contributed by atoms with Gasteiger partial charge in [-0.15, -0.1) is 0 Å². The molecule has 1 amide bonds. The zero-order valence-corrected chi connectivity index (χ0v) is 64.1. The Bertz CT molecular complexity index is 2470. The van der Waals surface area contributed by atoms with E-state index in [1.807, 2.05) is 6.08 Å². The molecule has 3 rings (SSSR count). The molecule has 3 heterocycles. The van der Waals surface area contributed by atoms with Crippen LogP contribution in [0.2, 0.25) is 0 Å². The van der Waals surface area contributed by atoms with Gasteiger partial charge in [0.1, 0.15) is 73.2 Å². The van der Waals surface area contributed by atoms with Crippen molar-refractivity contribution in [1.29, 1.82) is 0 Å². The Morgan fingerprint density at radius 1 is 0.352 bits per heavy atom. The van der Waals surface area contributed by atoms with Gasteiger partial charge < -0.3 is 89.9 Å². The number of nitrogens with one attached hydrogen (secondary N) is 1. The number of carbonyl (C=O) groups excluding carboxylic acids is 1. The van der Waals surface area contributed by atoms with E-state index in [1.54, 1.807) is 6.08 Å². The summed E-state index contributed by atoms with van der Waals surface area (Å²) in [4.78, 5) is 13.5. The van der Waals surface area contributed by atoms with Crippen LogP contribution in [-0.4, -0.2) is 193 Å². The number of aliphatic hydroxyl groups excluding tert-OH is 11. The Labute approximate surface area is 632 Å². The highest BCUT2D eigenvalue weighted by molar-refractivity contribution is 5.76. The van der Waals surface area contributed by atoms with Crippen LogP contribution in [0.1, 0.15) is 258 Å². The molecule has 19 nitrogen and oxygen atoms in total. The Balaban J connectivity index is 1.42. The molecule has 0 aromatic heterocycles. The van der Waals surface area contributed by atoms with E-state index >= 15 is 0 Å². The summed E-state index contributed by atoms with van der Waals surface area (Å²) in [6.45, 7) is 1.58. The molecule has 600 valence electrons. The number of hydrogen-bond acceptors (Lipinski definition) is 18. The van der Waals surface area contributed by atoms with Crippen LogP contribution in [0.5, 0.6) is 0 Å². The SMILES string of the molecule is CC/C=C\C/C=C\C/C=C\C/C=C\C/C=C\C/C=C\C/C=C\C/C=C\C/C=C\C/C=C\CCCCC(=O)NC(COC1OC(CO)C(OC2OC(CO)C(OC3OC(CO)C(O)C(O)C3O)C(O)C2O)C(O)C1O)C(O)/C=C/CC/C=C/CCCCCCCCCCCCCCCCCCCCCCC. The van der Waals surface area contributed by atoms with E-state index in [0.717, 1.165) is 96.3 Å². The molecule has 17 atom stereocenters. The molecule has 3 saturated heterocycles. The predicted molar refractivity (Wildman–Crippen MR) is 419 cm³/mol. The maximum atomic E-state index is 13.5. The first-order valence-electron chi connectivity index (χ1n) is 40.6. The normalized spacial score (nSPS) is 26.6. The molecule has 0 aliphatic carbocycles. The largest absolute Gasteiger partial charge is 0.394 e. The summed E-state index contributed by atoms with van der Waals surface area (Å²) in [6.07, 6.45) is 66.9.